The van der Waals surface area contributed by atoms with Crippen molar-refractivity contribution in [2.24, 2.45) is 0 Å². The summed E-state index contributed by atoms with van der Waals surface area (Å²) in [6.07, 6.45) is -1.44. The first-order valence-corrected chi connectivity index (χ1v) is 14.9. The minimum absolute atomic E-state index is 0.0212. The second-order valence-electron chi connectivity index (χ2n) is 11.8. The fraction of sp³-hybridized carbons (Fsp3) is 0.355. The van der Waals surface area contributed by atoms with E-state index in [0.717, 1.165) is 5.56 Å². The van der Waals surface area contributed by atoms with Crippen molar-refractivity contribution in [1.82, 2.24) is 20.2 Å². The number of nitrogens with one attached hydrogen (secondary N) is 4. The van der Waals surface area contributed by atoms with Crippen molar-refractivity contribution in [3.63, 3.8) is 0 Å². The molecule has 1 heterocycles. The molecule has 0 saturated carbocycles. The maximum Gasteiger partial charge on any atom is 0.410 e. The molecule has 0 aliphatic carbocycles. The van der Waals surface area contributed by atoms with Gasteiger partial charge in [0.15, 0.2) is 0 Å². The highest BCUT2D eigenvalue weighted by molar-refractivity contribution is 5.97. The first-order valence-electron chi connectivity index (χ1n) is 14.9. The minimum atomic E-state index is -1.40. The van der Waals surface area contributed by atoms with Gasteiger partial charge in [0, 0.05) is 37.3 Å². The number of carbonyl (C=O) groups is 4. The number of amides is 2. The van der Waals surface area contributed by atoms with Gasteiger partial charge >= 0.3 is 29.3 Å². The average Bonchev–Trinajstić information content (AvgIpc) is 3.01. The van der Waals surface area contributed by atoms with E-state index < -0.39 is 70.0 Å². The molecule has 0 radical (unpaired) electrons. The molecule has 3 rings (SSSR count). The number of nitro groups is 1. The van der Waals surface area contributed by atoms with Crippen LogP contribution in [-0.2, 0) is 20.9 Å². The molecule has 0 bridgehead atoms. The third-order valence-electron chi connectivity index (χ3n) is 6.80. The topological polar surface area (TPSA) is 272 Å². The molecule has 8 N–H and O–H groups in total. The molecule has 2 amide bonds. The van der Waals surface area contributed by atoms with E-state index in [-0.39, 0.29) is 37.6 Å². The summed E-state index contributed by atoms with van der Waals surface area (Å²) in [7, 11) is 0. The van der Waals surface area contributed by atoms with Crippen LogP contribution in [0.1, 0.15) is 49.5 Å². The number of carboxylic acids is 2. The lowest BCUT2D eigenvalue weighted by molar-refractivity contribution is -0.385. The summed E-state index contributed by atoms with van der Waals surface area (Å²) in [4.78, 5) is 79.0. The summed E-state index contributed by atoms with van der Waals surface area (Å²) in [5.41, 5.74) is 4.18. The Balaban J connectivity index is 1.89. The number of anilines is 3. The number of nitrogens with two attached hydrogens (primary N) is 1. The largest absolute Gasteiger partial charge is 0.481 e. The molecule has 18 heteroatoms. The van der Waals surface area contributed by atoms with Gasteiger partial charge in [0.1, 0.15) is 11.6 Å². The number of ether oxygens (including phenoxy) is 1. The number of aromatic amines is 1. The standard InChI is InChI=1S/C31H38N8O10/c1-31(2,3)49-30(46)38(17-18-7-5-4-6-8-18)21(16-34-25-24(39(47)48)27(43)37-29(32)36-25)15-33-20-11-9-19(10-12-20)26(42)35-22(28(44)45)13-14-23(40)41/h4-12,21-22,33H,13-17H2,1-3H3,(H,35,42)(H,40,41)(H,44,45)(H4,32,34,36,37,43)/t21-,22-/m0/s1. The lowest BCUT2D eigenvalue weighted by Gasteiger charge is -2.34. The average molecular weight is 683 g/mol. The zero-order chi connectivity index (χ0) is 36.3. The van der Waals surface area contributed by atoms with E-state index in [9.17, 15) is 39.2 Å². The van der Waals surface area contributed by atoms with Crippen LogP contribution in [0, 0.1) is 10.1 Å². The van der Waals surface area contributed by atoms with E-state index in [4.69, 9.17) is 15.6 Å². The number of aliphatic carboxylic acids is 2. The molecule has 0 aliphatic heterocycles. The van der Waals surface area contributed by atoms with Gasteiger partial charge in [0.25, 0.3) is 5.91 Å². The van der Waals surface area contributed by atoms with Gasteiger partial charge in [-0.1, -0.05) is 30.3 Å². The normalized spacial score (nSPS) is 12.2. The predicted octanol–water partition coefficient (Wildman–Crippen LogP) is 2.64. The quantitative estimate of drug-likeness (QED) is 0.0845. The maximum atomic E-state index is 13.6. The van der Waals surface area contributed by atoms with Crippen molar-refractivity contribution >= 4 is 47.1 Å². The van der Waals surface area contributed by atoms with Crippen molar-refractivity contribution in [3.05, 3.63) is 86.2 Å². The van der Waals surface area contributed by atoms with Gasteiger partial charge in [-0.3, -0.25) is 34.4 Å². The predicted molar refractivity (Wildman–Crippen MR) is 177 cm³/mol. The number of hydrogen-bond acceptors (Lipinski definition) is 12. The third kappa shape index (κ3) is 11.5. The number of nitrogens with zero attached hydrogens (tertiary/aromatic N) is 3. The molecular weight excluding hydrogens is 644 g/mol. The lowest BCUT2D eigenvalue weighted by atomic mass is 10.1. The zero-order valence-electron chi connectivity index (χ0n) is 27.0. The van der Waals surface area contributed by atoms with Crippen LogP contribution in [0.4, 0.5) is 27.9 Å². The van der Waals surface area contributed by atoms with Gasteiger partial charge < -0.3 is 36.6 Å². The highest BCUT2D eigenvalue weighted by atomic mass is 16.6. The van der Waals surface area contributed by atoms with Crippen molar-refractivity contribution < 1.29 is 39.1 Å². The number of nitrogen functional groups attached to an aromatic ring is 1. The van der Waals surface area contributed by atoms with E-state index in [2.05, 4.69) is 25.9 Å². The van der Waals surface area contributed by atoms with E-state index in [1.54, 1.807) is 45.0 Å². The van der Waals surface area contributed by atoms with Crippen LogP contribution in [0.3, 0.4) is 0 Å². The maximum absolute atomic E-state index is 13.6. The molecule has 0 unspecified atom stereocenters. The highest BCUT2D eigenvalue weighted by Crippen LogP contribution is 2.21. The molecule has 0 aliphatic rings. The highest BCUT2D eigenvalue weighted by Gasteiger charge is 2.30. The van der Waals surface area contributed by atoms with Gasteiger partial charge in [-0.2, -0.15) is 4.98 Å². The van der Waals surface area contributed by atoms with Crippen LogP contribution in [0.2, 0.25) is 0 Å². The summed E-state index contributed by atoms with van der Waals surface area (Å²) >= 11 is 0. The van der Waals surface area contributed by atoms with Gasteiger partial charge in [-0.25, -0.2) is 9.59 Å². The third-order valence-corrected chi connectivity index (χ3v) is 6.80. The Morgan fingerprint density at radius 1 is 1.04 bits per heavy atom. The van der Waals surface area contributed by atoms with Crippen LogP contribution in [0.15, 0.2) is 59.4 Å². The second-order valence-corrected chi connectivity index (χ2v) is 11.8. The molecule has 1 aromatic heterocycles. The smallest absolute Gasteiger partial charge is 0.410 e. The first-order chi connectivity index (χ1) is 23.0. The van der Waals surface area contributed by atoms with Crippen molar-refractivity contribution in [2.45, 2.75) is 57.8 Å². The molecule has 2 aromatic carbocycles. The molecule has 49 heavy (non-hydrogen) atoms. The molecule has 0 saturated heterocycles. The van der Waals surface area contributed by atoms with Crippen molar-refractivity contribution in [3.8, 4) is 0 Å². The van der Waals surface area contributed by atoms with Gasteiger partial charge in [0.2, 0.25) is 11.8 Å². The Labute approximate surface area is 279 Å². The molecule has 0 spiro atoms. The van der Waals surface area contributed by atoms with Crippen LogP contribution in [0.5, 0.6) is 0 Å². The lowest BCUT2D eigenvalue weighted by Crippen LogP contribution is -2.49. The molecule has 2 atom stereocenters. The Morgan fingerprint density at radius 3 is 2.24 bits per heavy atom. The molecule has 18 nitrogen and oxygen atoms in total. The summed E-state index contributed by atoms with van der Waals surface area (Å²) in [5.74, 6) is -4.06. The zero-order valence-corrected chi connectivity index (χ0v) is 27.0. The first kappa shape index (κ1) is 37.3. The molecule has 3 aromatic rings. The SMILES string of the molecule is CC(C)(C)OC(=O)N(Cc1ccccc1)[C@@H](CNc1ccc(C(=O)N[C@@H](CCC(=O)O)C(=O)O)cc1)CNc1nc(N)[nH]c(=O)c1[N+](=O)[O-]. The number of carbonyl (C=O) groups excluding carboxylic acids is 2. The molecular formula is C31H38N8O10. The number of H-pyrrole nitrogens is 1. The van der Waals surface area contributed by atoms with Gasteiger partial charge in [0.05, 0.1) is 11.0 Å². The monoisotopic (exact) mass is 682 g/mol. The fourth-order valence-electron chi connectivity index (χ4n) is 4.47. The van der Waals surface area contributed by atoms with Crippen molar-refractivity contribution in [1.29, 1.82) is 0 Å². The Bertz CT molecular complexity index is 1710. The minimum Gasteiger partial charge on any atom is -0.481 e. The Kier molecular flexibility index (Phi) is 12.6. The number of rotatable bonds is 16. The number of aromatic nitrogens is 2. The second kappa shape index (κ2) is 16.6. The summed E-state index contributed by atoms with van der Waals surface area (Å²) in [5, 5.41) is 38.1. The van der Waals surface area contributed by atoms with Gasteiger partial charge in [-0.05, 0) is 57.0 Å². The van der Waals surface area contributed by atoms with Crippen LogP contribution >= 0.6 is 0 Å². The van der Waals surface area contributed by atoms with Crippen LogP contribution < -0.4 is 27.2 Å². The van der Waals surface area contributed by atoms with E-state index >= 15 is 0 Å². The van der Waals surface area contributed by atoms with Crippen LogP contribution in [-0.4, -0.2) is 84.7 Å². The number of hydrogen-bond donors (Lipinski definition) is 7. The number of benzene rings is 2. The summed E-state index contributed by atoms with van der Waals surface area (Å²) in [6.45, 7) is 5.03. The fourth-order valence-corrected chi connectivity index (χ4v) is 4.47. The van der Waals surface area contributed by atoms with E-state index in [0.29, 0.717) is 5.69 Å². The number of carboxylic acid groups (broad SMARTS) is 2. The van der Waals surface area contributed by atoms with E-state index in [1.165, 1.54) is 29.2 Å². The van der Waals surface area contributed by atoms with Crippen molar-refractivity contribution in [2.75, 3.05) is 29.5 Å². The molecule has 0 fully saturated rings. The van der Waals surface area contributed by atoms with E-state index in [1.807, 2.05) is 6.07 Å². The molecule has 262 valence electrons. The van der Waals surface area contributed by atoms with Gasteiger partial charge in [-0.15, -0.1) is 0 Å². The summed E-state index contributed by atoms with van der Waals surface area (Å²) in [6, 6.07) is 12.7. The Hall–Kier alpha value is -6.20. The van der Waals surface area contributed by atoms with Crippen LogP contribution in [0.25, 0.3) is 0 Å². The summed E-state index contributed by atoms with van der Waals surface area (Å²) < 4.78 is 5.69. The Morgan fingerprint density at radius 2 is 1.67 bits per heavy atom.